The number of carbonyl (C=O) groups is 4. The van der Waals surface area contributed by atoms with Crippen molar-refractivity contribution in [1.29, 1.82) is 0 Å². The van der Waals surface area contributed by atoms with Crippen LogP contribution in [-0.4, -0.2) is 221 Å². The molecule has 4 N–H and O–H groups in total. The Morgan fingerprint density at radius 3 is 0.914 bits per heavy atom. The molecule has 5 unspecified atom stereocenters. The lowest BCUT2D eigenvalue weighted by atomic mass is 9.89. The van der Waals surface area contributed by atoms with E-state index in [2.05, 4.69) is 21.3 Å². The van der Waals surface area contributed by atoms with E-state index in [0.29, 0.717) is 95.9 Å². The molecule has 0 spiro atoms. The molecular weight excluding hydrogens is 917 g/mol. The lowest BCUT2D eigenvalue weighted by molar-refractivity contribution is -0.134. The third kappa shape index (κ3) is 19.7. The molecule has 8 rings (SSSR count). The van der Waals surface area contributed by atoms with Gasteiger partial charge in [0.15, 0.2) is 9.84 Å². The highest BCUT2D eigenvalue weighted by molar-refractivity contribution is 7.91. The summed E-state index contributed by atoms with van der Waals surface area (Å²) in [4.78, 5) is 56.7. The third-order valence-electron chi connectivity index (χ3n) is 15.6. The number of sulfone groups is 1. The van der Waals surface area contributed by atoms with E-state index in [-0.39, 0.29) is 59.5 Å². The second kappa shape index (κ2) is 32.0. The van der Waals surface area contributed by atoms with Gasteiger partial charge in [0.05, 0.1) is 64.4 Å². The molecule has 4 amide bonds. The van der Waals surface area contributed by atoms with Crippen LogP contribution in [0.15, 0.2) is 0 Å². The van der Waals surface area contributed by atoms with Crippen LogP contribution in [0.3, 0.4) is 0 Å². The number of rotatable bonds is 12. The standard InChI is InChI=1S/3C13H24N2O2.C12H22N2O4S/c3*1-14-12-10-17-8-7-15(13(12)16)9-11-5-3-2-4-6-11;1-13-11-8-18-5-4-14(12(11)15)7-10-3-2-6-19(16,17)9-10/h3*11-12,14H,2-10H2,1H3;10-11,13H,2-9H2,1H3. The van der Waals surface area contributed by atoms with Crippen molar-refractivity contribution in [3.63, 3.8) is 0 Å². The lowest BCUT2D eigenvalue weighted by Gasteiger charge is -2.30. The Kier molecular flexibility index (Phi) is 26.7. The van der Waals surface area contributed by atoms with E-state index in [9.17, 15) is 27.6 Å². The van der Waals surface area contributed by atoms with E-state index in [1.807, 2.05) is 35.8 Å². The number of nitrogens with one attached hydrogen (secondary N) is 4. The molecule has 3 saturated carbocycles. The summed E-state index contributed by atoms with van der Waals surface area (Å²) in [6.07, 6.45) is 21.4. The quantitative estimate of drug-likeness (QED) is 0.222. The van der Waals surface area contributed by atoms with E-state index in [4.69, 9.17) is 18.9 Å². The Morgan fingerprint density at radius 1 is 0.400 bits per heavy atom. The zero-order valence-corrected chi connectivity index (χ0v) is 44.5. The van der Waals surface area contributed by atoms with E-state index in [0.717, 1.165) is 45.7 Å². The van der Waals surface area contributed by atoms with Gasteiger partial charge in [0.2, 0.25) is 23.6 Å². The molecule has 5 aliphatic heterocycles. The summed E-state index contributed by atoms with van der Waals surface area (Å²) in [5.41, 5.74) is 0. The molecule has 70 heavy (non-hydrogen) atoms. The summed E-state index contributed by atoms with van der Waals surface area (Å²) in [6.45, 7) is 10.6. The highest BCUT2D eigenvalue weighted by atomic mass is 32.2. The van der Waals surface area contributed by atoms with Gasteiger partial charge in [0, 0.05) is 52.4 Å². The van der Waals surface area contributed by atoms with Crippen LogP contribution in [0.1, 0.15) is 109 Å². The fourth-order valence-corrected chi connectivity index (χ4v) is 13.0. The fourth-order valence-electron chi connectivity index (χ4n) is 11.3. The zero-order chi connectivity index (χ0) is 50.1. The predicted molar refractivity (Wildman–Crippen MR) is 272 cm³/mol. The van der Waals surface area contributed by atoms with Gasteiger partial charge in [-0.2, -0.15) is 0 Å². The minimum absolute atomic E-state index is 0.0166. The van der Waals surface area contributed by atoms with Gasteiger partial charge in [-0.25, -0.2) is 8.42 Å². The largest absolute Gasteiger partial charge is 0.377 e. The molecule has 0 aromatic carbocycles. The molecule has 8 fully saturated rings. The number of likely N-dealkylation sites (N-methyl/N-ethyl adjacent to an activating group) is 4. The Hall–Kier alpha value is -2.49. The summed E-state index contributed by atoms with van der Waals surface area (Å²) in [6, 6.07) is -0.772. The van der Waals surface area contributed by atoms with Gasteiger partial charge < -0.3 is 59.8 Å². The summed E-state index contributed by atoms with van der Waals surface area (Å²) in [7, 11) is 4.31. The molecule has 0 bridgehead atoms. The van der Waals surface area contributed by atoms with Crippen LogP contribution >= 0.6 is 0 Å². The summed E-state index contributed by atoms with van der Waals surface area (Å²) in [5, 5.41) is 12.1. The number of ether oxygens (including phenoxy) is 4. The van der Waals surface area contributed by atoms with Crippen molar-refractivity contribution in [2.75, 3.05) is 145 Å². The SMILES string of the molecule is CNC1COCCN(CC2CCCCC2)C1=O.CNC1COCCN(CC2CCCCC2)C1=O.CNC1COCCN(CC2CCCCC2)C1=O.CNC1COCCN(CC2CCCS(=O)(=O)C2)C1=O. The van der Waals surface area contributed by atoms with Crippen molar-refractivity contribution in [2.24, 2.45) is 23.7 Å². The van der Waals surface area contributed by atoms with Gasteiger partial charge in [-0.3, -0.25) is 19.2 Å². The molecule has 5 heterocycles. The van der Waals surface area contributed by atoms with Crippen LogP contribution in [-0.2, 0) is 48.0 Å². The average molecular weight is 1010 g/mol. The summed E-state index contributed by atoms with van der Waals surface area (Å²) < 4.78 is 45.0. The van der Waals surface area contributed by atoms with Crippen LogP contribution in [0.25, 0.3) is 0 Å². The smallest absolute Gasteiger partial charge is 0.242 e. The predicted octanol–water partition coefficient (Wildman–Crippen LogP) is 2.30. The molecule has 8 aliphatic rings. The normalized spacial score (nSPS) is 29.2. The Morgan fingerprint density at radius 2 is 0.657 bits per heavy atom. The summed E-state index contributed by atoms with van der Waals surface area (Å²) >= 11 is 0. The first kappa shape index (κ1) is 58.4. The van der Waals surface area contributed by atoms with Crippen LogP contribution in [0, 0.1) is 23.7 Å². The summed E-state index contributed by atoms with van der Waals surface area (Å²) in [5.74, 6) is 3.37. The maximum Gasteiger partial charge on any atom is 0.242 e. The first-order valence-corrected chi connectivity index (χ1v) is 29.1. The molecule has 3 aliphatic carbocycles. The molecule has 5 atom stereocenters. The van der Waals surface area contributed by atoms with Crippen LogP contribution in [0.4, 0.5) is 0 Å². The Labute approximate surface area is 421 Å². The third-order valence-corrected chi connectivity index (χ3v) is 17.5. The average Bonchev–Trinajstić information content (AvgIpc) is 3.83. The van der Waals surface area contributed by atoms with Gasteiger partial charge in [0.1, 0.15) is 24.2 Å². The highest BCUT2D eigenvalue weighted by Gasteiger charge is 2.33. The first-order chi connectivity index (χ1) is 33.9. The van der Waals surface area contributed by atoms with Crippen molar-refractivity contribution in [1.82, 2.24) is 40.9 Å². The first-order valence-electron chi connectivity index (χ1n) is 27.3. The van der Waals surface area contributed by atoms with Crippen molar-refractivity contribution < 1.29 is 46.5 Å². The van der Waals surface area contributed by atoms with Crippen molar-refractivity contribution >= 4 is 33.5 Å². The molecule has 18 nitrogen and oxygen atoms in total. The zero-order valence-electron chi connectivity index (χ0n) is 43.6. The number of amides is 4. The van der Waals surface area contributed by atoms with Crippen LogP contribution < -0.4 is 21.3 Å². The second-order valence-electron chi connectivity index (χ2n) is 20.9. The highest BCUT2D eigenvalue weighted by Crippen LogP contribution is 2.27. The molecule has 0 aromatic heterocycles. The van der Waals surface area contributed by atoms with E-state index in [1.165, 1.54) is 96.3 Å². The van der Waals surface area contributed by atoms with Gasteiger partial charge in [0.25, 0.3) is 0 Å². The minimum atomic E-state index is -2.91. The van der Waals surface area contributed by atoms with Crippen molar-refractivity contribution in [2.45, 2.75) is 133 Å². The van der Waals surface area contributed by atoms with Gasteiger partial charge in [-0.05, 0) is 103 Å². The number of carbonyl (C=O) groups excluding carboxylic acids is 4. The Bertz CT molecular complexity index is 1520. The maximum absolute atomic E-state index is 12.2. The monoisotopic (exact) mass is 1010 g/mol. The molecule has 0 aromatic rings. The number of hydrogen-bond donors (Lipinski definition) is 4. The molecule has 0 radical (unpaired) electrons. The second-order valence-corrected chi connectivity index (χ2v) is 23.2. The van der Waals surface area contributed by atoms with Gasteiger partial charge in [-0.15, -0.1) is 0 Å². The number of nitrogens with zero attached hydrogens (tertiary/aromatic N) is 4. The number of hydrogen-bond acceptors (Lipinski definition) is 14. The van der Waals surface area contributed by atoms with Gasteiger partial charge in [-0.1, -0.05) is 57.8 Å². The van der Waals surface area contributed by atoms with Crippen LogP contribution in [0.2, 0.25) is 0 Å². The van der Waals surface area contributed by atoms with Gasteiger partial charge >= 0.3 is 0 Å². The molecule has 5 saturated heterocycles. The molecule has 19 heteroatoms. The fraction of sp³-hybridized carbons (Fsp3) is 0.922. The van der Waals surface area contributed by atoms with Crippen molar-refractivity contribution in [3.8, 4) is 0 Å². The molecule has 404 valence electrons. The van der Waals surface area contributed by atoms with E-state index < -0.39 is 9.84 Å². The van der Waals surface area contributed by atoms with Crippen LogP contribution in [0.5, 0.6) is 0 Å². The van der Waals surface area contributed by atoms with E-state index in [1.54, 1.807) is 11.9 Å². The molecular formula is C51H94N8O10S. The maximum atomic E-state index is 12.2. The lowest BCUT2D eigenvalue weighted by Crippen LogP contribution is -2.48. The van der Waals surface area contributed by atoms with Crippen molar-refractivity contribution in [3.05, 3.63) is 0 Å². The minimum Gasteiger partial charge on any atom is -0.377 e. The van der Waals surface area contributed by atoms with E-state index >= 15 is 0 Å². The Balaban J connectivity index is 0.000000174. The topological polar surface area (TPSA) is 200 Å².